The number of anilines is 1. The van der Waals surface area contributed by atoms with Crippen molar-refractivity contribution in [2.75, 3.05) is 38.0 Å². The quantitative estimate of drug-likeness (QED) is 0.412. The minimum Gasteiger partial charge on any atom is -0.337 e. The van der Waals surface area contributed by atoms with Crippen LogP contribution < -0.4 is 5.32 Å². The molecule has 2 fully saturated rings. The summed E-state index contributed by atoms with van der Waals surface area (Å²) >= 11 is 0. The van der Waals surface area contributed by atoms with Crippen molar-refractivity contribution in [1.29, 1.82) is 0 Å². The summed E-state index contributed by atoms with van der Waals surface area (Å²) in [5.74, 6) is 0.0237. The van der Waals surface area contributed by atoms with E-state index in [9.17, 15) is 14.4 Å². The lowest BCUT2D eigenvalue weighted by molar-refractivity contribution is -0.138. The van der Waals surface area contributed by atoms with E-state index in [0.717, 1.165) is 45.3 Å². The molecule has 1 N–H and O–H groups in total. The molecule has 7 nitrogen and oxygen atoms in total. The van der Waals surface area contributed by atoms with Crippen LogP contribution in [0.2, 0.25) is 0 Å². The third-order valence-electron chi connectivity index (χ3n) is 8.14. The highest BCUT2D eigenvalue weighted by molar-refractivity contribution is 5.95. The molecule has 0 saturated heterocycles. The zero-order valence-electron chi connectivity index (χ0n) is 23.3. The average molecular weight is 513 g/mol. The highest BCUT2D eigenvalue weighted by Gasteiger charge is 2.32. The van der Waals surface area contributed by atoms with Gasteiger partial charge >= 0.3 is 0 Å². The number of hydrogen-bond acceptors (Lipinski definition) is 4. The summed E-state index contributed by atoms with van der Waals surface area (Å²) in [5.41, 5.74) is 1.25. The first-order valence-electron chi connectivity index (χ1n) is 14.6. The van der Waals surface area contributed by atoms with Gasteiger partial charge in [-0.25, -0.2) is 0 Å². The summed E-state index contributed by atoms with van der Waals surface area (Å²) in [7, 11) is 0. The highest BCUT2D eigenvalue weighted by atomic mass is 16.2. The Morgan fingerprint density at radius 3 is 1.81 bits per heavy atom. The van der Waals surface area contributed by atoms with Crippen molar-refractivity contribution in [3.05, 3.63) is 29.8 Å². The Labute approximate surface area is 223 Å². The normalized spacial score (nSPS) is 17.0. The molecule has 1 aromatic carbocycles. The highest BCUT2D eigenvalue weighted by Crippen LogP contribution is 2.31. The molecule has 2 saturated carbocycles. The van der Waals surface area contributed by atoms with E-state index in [0.29, 0.717) is 42.8 Å². The van der Waals surface area contributed by atoms with Gasteiger partial charge in [-0.2, -0.15) is 0 Å². The van der Waals surface area contributed by atoms with Gasteiger partial charge in [-0.1, -0.05) is 52.4 Å². The molecule has 7 heteroatoms. The van der Waals surface area contributed by atoms with Crippen LogP contribution in [0.15, 0.2) is 24.3 Å². The van der Waals surface area contributed by atoms with Crippen molar-refractivity contribution in [3.63, 3.8) is 0 Å². The largest absolute Gasteiger partial charge is 0.337 e. The molecule has 0 atom stereocenters. The molecule has 0 aliphatic heterocycles. The van der Waals surface area contributed by atoms with Gasteiger partial charge in [-0.3, -0.25) is 14.4 Å². The van der Waals surface area contributed by atoms with Crippen LogP contribution in [0.1, 0.15) is 102 Å². The number of nitrogens with zero attached hydrogens (tertiary/aromatic N) is 3. The van der Waals surface area contributed by atoms with E-state index in [1.807, 2.05) is 4.90 Å². The Hall–Kier alpha value is -2.41. The second-order valence-electron chi connectivity index (χ2n) is 10.7. The number of amides is 3. The second-order valence-corrected chi connectivity index (χ2v) is 10.7. The number of hydrogen-bond donors (Lipinski definition) is 1. The fourth-order valence-electron chi connectivity index (χ4n) is 5.98. The van der Waals surface area contributed by atoms with Gasteiger partial charge in [0.15, 0.2) is 0 Å². The van der Waals surface area contributed by atoms with Crippen molar-refractivity contribution in [1.82, 2.24) is 14.7 Å². The van der Waals surface area contributed by atoms with Gasteiger partial charge in [-0.15, -0.1) is 0 Å². The van der Waals surface area contributed by atoms with E-state index in [2.05, 4.69) is 29.0 Å². The van der Waals surface area contributed by atoms with Crippen LogP contribution in [0.25, 0.3) is 0 Å². The number of carbonyl (C=O) groups excluding carboxylic acids is 3. The van der Waals surface area contributed by atoms with Gasteiger partial charge in [0.2, 0.25) is 11.8 Å². The molecule has 0 bridgehead atoms. The summed E-state index contributed by atoms with van der Waals surface area (Å²) in [6.45, 7) is 9.40. The maximum absolute atomic E-state index is 13.7. The first-order chi connectivity index (χ1) is 17.9. The maximum atomic E-state index is 13.7. The maximum Gasteiger partial charge on any atom is 0.253 e. The predicted octanol–water partition coefficient (Wildman–Crippen LogP) is 5.31. The average Bonchev–Trinajstić information content (AvgIpc) is 2.92. The Balaban J connectivity index is 1.71. The van der Waals surface area contributed by atoms with Gasteiger partial charge in [0.05, 0.1) is 0 Å². The number of rotatable bonds is 12. The van der Waals surface area contributed by atoms with E-state index >= 15 is 0 Å². The zero-order valence-corrected chi connectivity index (χ0v) is 23.3. The van der Waals surface area contributed by atoms with E-state index < -0.39 is 0 Å². The Kier molecular flexibility index (Phi) is 11.9. The smallest absolute Gasteiger partial charge is 0.253 e. The second kappa shape index (κ2) is 15.1. The number of carbonyl (C=O) groups is 3. The first-order valence-corrected chi connectivity index (χ1v) is 14.6. The van der Waals surface area contributed by atoms with Crippen LogP contribution in [0.4, 0.5) is 5.69 Å². The standard InChI is InChI=1S/C30H48N4O3/c1-4-32(5-2)22-23-33(30(37)25-16-18-26(19-17-25)31-24(3)35)21-20-29(36)34(27-12-8-6-9-13-27)28-14-10-7-11-15-28/h16-19,27-28H,4-15,20-23H2,1-3H3,(H,31,35). The summed E-state index contributed by atoms with van der Waals surface area (Å²) < 4.78 is 0. The number of likely N-dealkylation sites (N-methyl/N-ethyl adjacent to an activating group) is 1. The van der Waals surface area contributed by atoms with Crippen LogP contribution in [0, 0.1) is 0 Å². The minimum absolute atomic E-state index is 0.0591. The molecule has 2 aliphatic rings. The lowest BCUT2D eigenvalue weighted by Gasteiger charge is -2.42. The molecular formula is C30H48N4O3. The topological polar surface area (TPSA) is 73.0 Å². The molecule has 0 unspecified atom stereocenters. The molecule has 1 aromatic rings. The monoisotopic (exact) mass is 512 g/mol. The molecule has 0 radical (unpaired) electrons. The third kappa shape index (κ3) is 8.84. The van der Waals surface area contributed by atoms with Crippen LogP contribution >= 0.6 is 0 Å². The molecule has 0 heterocycles. The molecule has 0 aromatic heterocycles. The van der Waals surface area contributed by atoms with E-state index in [1.165, 1.54) is 45.4 Å². The summed E-state index contributed by atoms with van der Waals surface area (Å²) in [4.78, 5) is 45.1. The van der Waals surface area contributed by atoms with Crippen molar-refractivity contribution < 1.29 is 14.4 Å². The predicted molar refractivity (Wildman–Crippen MR) is 150 cm³/mol. The van der Waals surface area contributed by atoms with E-state index in [-0.39, 0.29) is 17.7 Å². The molecule has 2 aliphatic carbocycles. The van der Waals surface area contributed by atoms with Gasteiger partial charge in [-0.05, 0) is 63.0 Å². The van der Waals surface area contributed by atoms with Crippen molar-refractivity contribution in [3.8, 4) is 0 Å². The van der Waals surface area contributed by atoms with Gasteiger partial charge in [0.1, 0.15) is 0 Å². The first kappa shape index (κ1) is 29.2. The van der Waals surface area contributed by atoms with Crippen LogP contribution in [-0.2, 0) is 9.59 Å². The fourth-order valence-corrected chi connectivity index (χ4v) is 5.98. The molecule has 0 spiro atoms. The van der Waals surface area contributed by atoms with Crippen molar-refractivity contribution in [2.45, 2.75) is 103 Å². The van der Waals surface area contributed by atoms with Crippen LogP contribution in [0.5, 0.6) is 0 Å². The lowest BCUT2D eigenvalue weighted by atomic mass is 9.88. The SMILES string of the molecule is CCN(CC)CCN(CCC(=O)N(C1CCCCC1)C1CCCCC1)C(=O)c1ccc(NC(C)=O)cc1. The van der Waals surface area contributed by atoms with Crippen molar-refractivity contribution >= 4 is 23.4 Å². The van der Waals surface area contributed by atoms with Crippen molar-refractivity contribution in [2.24, 2.45) is 0 Å². The molecule has 3 amide bonds. The van der Waals surface area contributed by atoms with Crippen LogP contribution in [0.3, 0.4) is 0 Å². The van der Waals surface area contributed by atoms with Gasteiger partial charge in [0, 0.05) is 56.3 Å². The molecule has 206 valence electrons. The summed E-state index contributed by atoms with van der Waals surface area (Å²) in [5, 5.41) is 2.75. The van der Waals surface area contributed by atoms with Crippen LogP contribution in [-0.4, -0.2) is 77.2 Å². The van der Waals surface area contributed by atoms with E-state index in [1.54, 1.807) is 24.3 Å². The Morgan fingerprint density at radius 2 is 1.32 bits per heavy atom. The minimum atomic E-state index is -0.140. The zero-order chi connectivity index (χ0) is 26.6. The lowest BCUT2D eigenvalue weighted by Crippen LogP contribution is -2.50. The molecular weight excluding hydrogens is 464 g/mol. The summed E-state index contributed by atoms with van der Waals surface area (Å²) in [6, 6.07) is 7.77. The Bertz CT molecular complexity index is 838. The Morgan fingerprint density at radius 1 is 0.784 bits per heavy atom. The fraction of sp³-hybridized carbons (Fsp3) is 0.700. The summed E-state index contributed by atoms with van der Waals surface area (Å²) in [6.07, 6.45) is 12.3. The number of nitrogens with one attached hydrogen (secondary N) is 1. The van der Waals surface area contributed by atoms with Gasteiger partial charge < -0.3 is 20.0 Å². The van der Waals surface area contributed by atoms with Gasteiger partial charge in [0.25, 0.3) is 5.91 Å². The third-order valence-corrected chi connectivity index (χ3v) is 8.14. The number of benzene rings is 1. The van der Waals surface area contributed by atoms with E-state index in [4.69, 9.17) is 0 Å². The molecule has 37 heavy (non-hydrogen) atoms. The molecule has 3 rings (SSSR count).